The van der Waals surface area contributed by atoms with Crippen molar-refractivity contribution in [2.45, 2.75) is 32.2 Å². The predicted octanol–water partition coefficient (Wildman–Crippen LogP) is 2.11. The molecule has 0 aliphatic heterocycles. The van der Waals surface area contributed by atoms with Crippen LogP contribution in [0.3, 0.4) is 0 Å². The van der Waals surface area contributed by atoms with Crippen LogP contribution in [0.4, 0.5) is 5.13 Å². The molecule has 1 aromatic rings. The van der Waals surface area contributed by atoms with Crippen LogP contribution in [-0.4, -0.2) is 22.1 Å². The first-order valence-electron chi connectivity index (χ1n) is 4.64. The molecule has 0 bridgehead atoms. The molecule has 1 fully saturated rings. The van der Waals surface area contributed by atoms with Gasteiger partial charge in [-0.25, -0.2) is 9.78 Å². The Morgan fingerprint density at radius 1 is 1.64 bits per heavy atom. The third-order valence-electron chi connectivity index (χ3n) is 2.43. The van der Waals surface area contributed by atoms with Gasteiger partial charge in [0.15, 0.2) is 10.8 Å². The van der Waals surface area contributed by atoms with Gasteiger partial charge >= 0.3 is 5.97 Å². The van der Waals surface area contributed by atoms with Crippen molar-refractivity contribution in [2.75, 3.05) is 5.32 Å². The first-order chi connectivity index (χ1) is 6.66. The highest BCUT2D eigenvalue weighted by atomic mass is 32.1. The zero-order valence-corrected chi connectivity index (χ0v) is 8.73. The molecule has 0 unspecified atom stereocenters. The number of carbonyl (C=O) groups is 1. The minimum atomic E-state index is -0.944. The van der Waals surface area contributed by atoms with E-state index in [9.17, 15) is 4.79 Å². The lowest BCUT2D eigenvalue weighted by Gasteiger charge is -2.25. The van der Waals surface area contributed by atoms with Crippen LogP contribution >= 0.6 is 11.3 Å². The molecule has 1 aliphatic rings. The summed E-state index contributed by atoms with van der Waals surface area (Å²) in [6.07, 6.45) is 3.59. The van der Waals surface area contributed by atoms with Gasteiger partial charge in [-0.1, -0.05) is 0 Å². The molecule has 1 aromatic heterocycles. The Hall–Kier alpha value is -1.10. The van der Waals surface area contributed by atoms with Gasteiger partial charge in [-0.3, -0.25) is 0 Å². The average Bonchev–Trinajstić information content (AvgIpc) is 2.39. The van der Waals surface area contributed by atoms with Crippen molar-refractivity contribution in [3.63, 3.8) is 0 Å². The minimum Gasteiger partial charge on any atom is -0.476 e. The van der Waals surface area contributed by atoms with Crippen molar-refractivity contribution in [1.82, 2.24) is 4.98 Å². The summed E-state index contributed by atoms with van der Waals surface area (Å²) in [5, 5.41) is 12.8. The molecule has 5 heteroatoms. The van der Waals surface area contributed by atoms with Crippen LogP contribution in [0.25, 0.3) is 0 Å². The molecule has 0 radical (unpaired) electrons. The van der Waals surface area contributed by atoms with Crippen LogP contribution in [0.15, 0.2) is 0 Å². The quantitative estimate of drug-likeness (QED) is 0.805. The van der Waals surface area contributed by atoms with Crippen molar-refractivity contribution >= 4 is 22.4 Å². The number of thiazole rings is 1. The Bertz CT molecular complexity index is 358. The monoisotopic (exact) mass is 212 g/mol. The topological polar surface area (TPSA) is 62.2 Å². The van der Waals surface area contributed by atoms with Gasteiger partial charge in [0.1, 0.15) is 0 Å². The largest absolute Gasteiger partial charge is 0.476 e. The molecule has 0 amide bonds. The highest BCUT2D eigenvalue weighted by molar-refractivity contribution is 7.15. The normalized spacial score (nSPS) is 16.4. The number of carboxylic acids is 1. The van der Waals surface area contributed by atoms with Crippen molar-refractivity contribution in [3.8, 4) is 0 Å². The number of aromatic nitrogens is 1. The van der Waals surface area contributed by atoms with E-state index in [0.717, 1.165) is 10.0 Å². The SMILES string of the molecule is Cc1sc(NC2CCC2)nc1C(=O)O. The number of hydrogen-bond donors (Lipinski definition) is 2. The molecule has 76 valence electrons. The summed E-state index contributed by atoms with van der Waals surface area (Å²) in [5.74, 6) is -0.944. The summed E-state index contributed by atoms with van der Waals surface area (Å²) in [6, 6.07) is 0.502. The maximum atomic E-state index is 10.7. The number of nitrogens with zero attached hydrogens (tertiary/aromatic N) is 1. The van der Waals surface area contributed by atoms with Crippen molar-refractivity contribution in [3.05, 3.63) is 10.6 Å². The van der Waals surface area contributed by atoms with Crippen molar-refractivity contribution in [1.29, 1.82) is 0 Å². The number of carboxylic acid groups (broad SMARTS) is 1. The average molecular weight is 212 g/mol. The summed E-state index contributed by atoms with van der Waals surface area (Å²) in [4.78, 5) is 15.5. The number of nitrogens with one attached hydrogen (secondary N) is 1. The van der Waals surface area contributed by atoms with Gasteiger partial charge in [-0.15, -0.1) is 11.3 Å². The molecule has 0 aromatic carbocycles. The molecule has 2 N–H and O–H groups in total. The van der Waals surface area contributed by atoms with Crippen LogP contribution in [-0.2, 0) is 0 Å². The Labute approximate surface area is 86.0 Å². The van der Waals surface area contributed by atoms with Crippen LogP contribution < -0.4 is 5.32 Å². The summed E-state index contributed by atoms with van der Waals surface area (Å²) in [5.41, 5.74) is 0.178. The Balaban J connectivity index is 2.10. The van der Waals surface area contributed by atoms with E-state index in [1.807, 2.05) is 0 Å². The molecule has 0 spiro atoms. The van der Waals surface area contributed by atoms with Crippen LogP contribution in [0.5, 0.6) is 0 Å². The number of anilines is 1. The standard InChI is InChI=1S/C9H12N2O2S/c1-5-7(8(12)13)11-9(14-5)10-6-3-2-4-6/h6H,2-4H2,1H3,(H,10,11)(H,12,13). The van der Waals surface area contributed by atoms with Crippen molar-refractivity contribution < 1.29 is 9.90 Å². The van der Waals surface area contributed by atoms with E-state index in [-0.39, 0.29) is 5.69 Å². The number of hydrogen-bond acceptors (Lipinski definition) is 4. The summed E-state index contributed by atoms with van der Waals surface area (Å²) in [6.45, 7) is 1.78. The van der Waals surface area contributed by atoms with Crippen LogP contribution in [0, 0.1) is 6.92 Å². The van der Waals surface area contributed by atoms with E-state index in [0.29, 0.717) is 6.04 Å². The predicted molar refractivity (Wildman–Crippen MR) is 55.1 cm³/mol. The fourth-order valence-corrected chi connectivity index (χ4v) is 2.27. The molecular weight excluding hydrogens is 200 g/mol. The van der Waals surface area contributed by atoms with E-state index in [2.05, 4.69) is 10.3 Å². The molecule has 14 heavy (non-hydrogen) atoms. The molecular formula is C9H12N2O2S. The second-order valence-electron chi connectivity index (χ2n) is 3.50. The number of rotatable bonds is 3. The third kappa shape index (κ3) is 1.72. The van der Waals surface area contributed by atoms with E-state index < -0.39 is 5.97 Å². The fourth-order valence-electron chi connectivity index (χ4n) is 1.38. The fraction of sp³-hybridized carbons (Fsp3) is 0.556. The van der Waals surface area contributed by atoms with Crippen LogP contribution in [0.1, 0.15) is 34.6 Å². The molecule has 0 atom stereocenters. The third-order valence-corrected chi connectivity index (χ3v) is 3.33. The molecule has 2 rings (SSSR count). The summed E-state index contributed by atoms with van der Waals surface area (Å²) < 4.78 is 0. The van der Waals surface area contributed by atoms with E-state index in [4.69, 9.17) is 5.11 Å². The smallest absolute Gasteiger partial charge is 0.355 e. The minimum absolute atomic E-state index is 0.178. The number of aromatic carboxylic acids is 1. The molecule has 4 nitrogen and oxygen atoms in total. The highest BCUT2D eigenvalue weighted by Gasteiger charge is 2.20. The van der Waals surface area contributed by atoms with E-state index in [1.165, 1.54) is 30.6 Å². The second kappa shape index (κ2) is 3.57. The zero-order chi connectivity index (χ0) is 10.1. The Morgan fingerprint density at radius 3 is 2.79 bits per heavy atom. The molecule has 0 saturated heterocycles. The van der Waals surface area contributed by atoms with E-state index in [1.54, 1.807) is 6.92 Å². The van der Waals surface area contributed by atoms with Crippen LogP contribution in [0.2, 0.25) is 0 Å². The second-order valence-corrected chi connectivity index (χ2v) is 4.70. The molecule has 1 aliphatic carbocycles. The molecule has 1 heterocycles. The van der Waals surface area contributed by atoms with Crippen molar-refractivity contribution in [2.24, 2.45) is 0 Å². The lowest BCUT2D eigenvalue weighted by atomic mass is 9.93. The summed E-state index contributed by atoms with van der Waals surface area (Å²) in [7, 11) is 0. The Kier molecular flexibility index (Phi) is 2.41. The first kappa shape index (κ1) is 9.45. The Morgan fingerprint density at radius 2 is 2.36 bits per heavy atom. The first-order valence-corrected chi connectivity index (χ1v) is 5.45. The number of aryl methyl sites for hydroxylation is 1. The lowest BCUT2D eigenvalue weighted by Crippen LogP contribution is -2.26. The molecule has 1 saturated carbocycles. The lowest BCUT2D eigenvalue weighted by molar-refractivity contribution is 0.0690. The van der Waals surface area contributed by atoms with Gasteiger partial charge in [0.05, 0.1) is 0 Å². The van der Waals surface area contributed by atoms with Gasteiger partial charge in [0.2, 0.25) is 0 Å². The van der Waals surface area contributed by atoms with E-state index >= 15 is 0 Å². The highest BCUT2D eigenvalue weighted by Crippen LogP contribution is 2.27. The van der Waals surface area contributed by atoms with Gasteiger partial charge in [0.25, 0.3) is 0 Å². The maximum Gasteiger partial charge on any atom is 0.355 e. The van der Waals surface area contributed by atoms with Gasteiger partial charge < -0.3 is 10.4 Å². The van der Waals surface area contributed by atoms with Gasteiger partial charge in [-0.05, 0) is 26.2 Å². The maximum absolute atomic E-state index is 10.7. The van der Waals surface area contributed by atoms with Gasteiger partial charge in [-0.2, -0.15) is 0 Å². The zero-order valence-electron chi connectivity index (χ0n) is 7.91. The summed E-state index contributed by atoms with van der Waals surface area (Å²) >= 11 is 1.42. The van der Waals surface area contributed by atoms with Gasteiger partial charge in [0, 0.05) is 10.9 Å².